The number of amides is 1. The van der Waals surface area contributed by atoms with Crippen LogP contribution in [-0.4, -0.2) is 52.8 Å². The Balaban J connectivity index is 1.12. The third-order valence-corrected chi connectivity index (χ3v) is 7.09. The van der Waals surface area contributed by atoms with Gasteiger partial charge in [-0.3, -0.25) is 4.79 Å². The van der Waals surface area contributed by atoms with E-state index in [0.29, 0.717) is 12.1 Å². The number of hydrogen-bond acceptors (Lipinski definition) is 4. The summed E-state index contributed by atoms with van der Waals surface area (Å²) in [6.45, 7) is 6.67. The lowest BCUT2D eigenvalue weighted by atomic mass is 9.97. The van der Waals surface area contributed by atoms with Gasteiger partial charge in [-0.1, -0.05) is 17.7 Å². The highest BCUT2D eigenvalue weighted by Gasteiger charge is 2.32. The van der Waals surface area contributed by atoms with E-state index < -0.39 is 0 Å². The average molecular weight is 408 g/mol. The molecule has 6 heteroatoms. The summed E-state index contributed by atoms with van der Waals surface area (Å²) >= 11 is 0. The van der Waals surface area contributed by atoms with Crippen molar-refractivity contribution >= 4 is 17.4 Å². The number of benzene rings is 1. The molecule has 2 aromatic rings. The number of hydrogen-bond donors (Lipinski definition) is 1. The molecule has 6 nitrogen and oxygen atoms in total. The highest BCUT2D eigenvalue weighted by atomic mass is 16.2. The number of rotatable bonds is 5. The molecule has 30 heavy (non-hydrogen) atoms. The topological polar surface area (TPSA) is 53.4 Å². The third-order valence-electron chi connectivity index (χ3n) is 7.09. The molecule has 1 saturated carbocycles. The summed E-state index contributed by atoms with van der Waals surface area (Å²) in [5.74, 6) is 1.26. The van der Waals surface area contributed by atoms with Crippen molar-refractivity contribution in [3.05, 3.63) is 42.1 Å². The summed E-state index contributed by atoms with van der Waals surface area (Å²) in [7, 11) is 0. The van der Waals surface area contributed by atoms with E-state index in [1.807, 2.05) is 12.3 Å². The van der Waals surface area contributed by atoms with Crippen molar-refractivity contribution in [2.75, 3.05) is 36.4 Å². The number of nitrogens with one attached hydrogen (secondary N) is 1. The second-order valence-electron chi connectivity index (χ2n) is 9.25. The fourth-order valence-corrected chi connectivity index (χ4v) is 5.02. The lowest BCUT2D eigenvalue weighted by Gasteiger charge is -2.42. The first kappa shape index (κ1) is 19.6. The summed E-state index contributed by atoms with van der Waals surface area (Å²) in [5, 5.41) is 7.63. The van der Waals surface area contributed by atoms with E-state index in [-0.39, 0.29) is 11.8 Å². The minimum Gasteiger partial charge on any atom is -0.371 e. The van der Waals surface area contributed by atoms with E-state index in [2.05, 4.69) is 56.1 Å². The van der Waals surface area contributed by atoms with E-state index in [4.69, 9.17) is 0 Å². The molecule has 3 fully saturated rings. The number of carbonyl (C=O) groups is 1. The second-order valence-corrected chi connectivity index (χ2v) is 9.25. The van der Waals surface area contributed by atoms with E-state index in [1.165, 1.54) is 24.1 Å². The SMILES string of the molecule is Cc1ccc(N2CCC(N3CCC(n4nccc4NC(=O)C4CC4)CC3)CC2)cc1. The molecular formula is C24H33N5O. The third kappa shape index (κ3) is 4.24. The van der Waals surface area contributed by atoms with Gasteiger partial charge in [0.25, 0.3) is 0 Å². The normalized spacial score (nSPS) is 21.7. The van der Waals surface area contributed by atoms with Crippen LogP contribution in [0.4, 0.5) is 11.5 Å². The first-order valence-corrected chi connectivity index (χ1v) is 11.6. The Kier molecular flexibility index (Phi) is 5.50. The molecule has 0 radical (unpaired) electrons. The summed E-state index contributed by atoms with van der Waals surface area (Å²) in [5.41, 5.74) is 2.68. The molecule has 2 aliphatic heterocycles. The molecule has 2 saturated heterocycles. The largest absolute Gasteiger partial charge is 0.371 e. The maximum atomic E-state index is 12.1. The molecule has 1 amide bonds. The lowest BCUT2D eigenvalue weighted by Crippen LogP contribution is -2.48. The van der Waals surface area contributed by atoms with Gasteiger partial charge in [0.2, 0.25) is 5.91 Å². The number of anilines is 2. The summed E-state index contributed by atoms with van der Waals surface area (Å²) in [4.78, 5) is 17.4. The predicted octanol–water partition coefficient (Wildman–Crippen LogP) is 3.85. The van der Waals surface area contributed by atoms with Crippen LogP contribution in [0.25, 0.3) is 0 Å². The fourth-order valence-electron chi connectivity index (χ4n) is 5.02. The summed E-state index contributed by atoms with van der Waals surface area (Å²) in [6, 6.07) is 12.0. The number of aryl methyl sites for hydroxylation is 1. The number of piperidine rings is 2. The van der Waals surface area contributed by atoms with Gasteiger partial charge < -0.3 is 15.1 Å². The standard InChI is InChI=1S/C24H33N5O/c1-18-2-6-20(7-3-18)27-14-9-21(10-15-27)28-16-11-22(12-17-28)29-23(8-13-25-29)26-24(30)19-4-5-19/h2-3,6-8,13,19,21-22H,4-5,9-12,14-17H2,1H3,(H,26,30). The van der Waals surface area contributed by atoms with E-state index in [1.54, 1.807) is 0 Å². The van der Waals surface area contributed by atoms with Gasteiger partial charge in [-0.2, -0.15) is 5.10 Å². The Morgan fingerprint density at radius 1 is 0.900 bits per heavy atom. The Hall–Kier alpha value is -2.34. The van der Waals surface area contributed by atoms with Crippen LogP contribution in [0.5, 0.6) is 0 Å². The van der Waals surface area contributed by atoms with Gasteiger partial charge in [-0.25, -0.2) is 4.68 Å². The molecule has 1 aromatic heterocycles. The maximum absolute atomic E-state index is 12.1. The molecular weight excluding hydrogens is 374 g/mol. The van der Waals surface area contributed by atoms with Crippen molar-refractivity contribution in [3.8, 4) is 0 Å². The number of likely N-dealkylation sites (tertiary alicyclic amines) is 1. The Morgan fingerprint density at radius 2 is 1.57 bits per heavy atom. The second kappa shape index (κ2) is 8.42. The van der Waals surface area contributed by atoms with Gasteiger partial charge >= 0.3 is 0 Å². The van der Waals surface area contributed by atoms with Gasteiger partial charge in [-0.05, 0) is 57.6 Å². The van der Waals surface area contributed by atoms with Crippen LogP contribution in [0.1, 0.15) is 50.1 Å². The molecule has 0 unspecified atom stereocenters. The van der Waals surface area contributed by atoms with Crippen molar-refractivity contribution in [2.24, 2.45) is 5.92 Å². The Morgan fingerprint density at radius 3 is 2.23 bits per heavy atom. The molecule has 1 aromatic carbocycles. The van der Waals surface area contributed by atoms with Gasteiger partial charge in [0, 0.05) is 49.9 Å². The Bertz CT molecular complexity index is 856. The van der Waals surface area contributed by atoms with Crippen LogP contribution >= 0.6 is 0 Å². The van der Waals surface area contributed by atoms with Crippen LogP contribution in [0.15, 0.2) is 36.5 Å². The highest BCUT2D eigenvalue weighted by Crippen LogP contribution is 2.32. The van der Waals surface area contributed by atoms with Crippen molar-refractivity contribution in [3.63, 3.8) is 0 Å². The molecule has 3 heterocycles. The fraction of sp³-hybridized carbons (Fsp3) is 0.583. The average Bonchev–Trinajstić information content (AvgIpc) is 3.54. The summed E-state index contributed by atoms with van der Waals surface area (Å²) in [6.07, 6.45) is 8.56. The zero-order valence-electron chi connectivity index (χ0n) is 18.0. The monoisotopic (exact) mass is 407 g/mol. The first-order valence-electron chi connectivity index (χ1n) is 11.6. The summed E-state index contributed by atoms with van der Waals surface area (Å²) < 4.78 is 2.05. The molecule has 0 atom stereocenters. The predicted molar refractivity (Wildman–Crippen MR) is 120 cm³/mol. The van der Waals surface area contributed by atoms with Gasteiger partial charge in [0.15, 0.2) is 0 Å². The molecule has 160 valence electrons. The first-order chi connectivity index (χ1) is 14.7. The number of carbonyl (C=O) groups excluding carboxylic acids is 1. The number of nitrogens with zero attached hydrogens (tertiary/aromatic N) is 4. The van der Waals surface area contributed by atoms with Gasteiger partial charge in [-0.15, -0.1) is 0 Å². The lowest BCUT2D eigenvalue weighted by molar-refractivity contribution is -0.117. The van der Waals surface area contributed by atoms with Crippen molar-refractivity contribution in [1.29, 1.82) is 0 Å². The highest BCUT2D eigenvalue weighted by molar-refractivity contribution is 5.93. The van der Waals surface area contributed by atoms with E-state index in [9.17, 15) is 4.79 Å². The van der Waals surface area contributed by atoms with Crippen LogP contribution in [0, 0.1) is 12.8 Å². The van der Waals surface area contributed by atoms with Crippen LogP contribution < -0.4 is 10.2 Å². The molecule has 0 bridgehead atoms. The van der Waals surface area contributed by atoms with Crippen LogP contribution in [0.2, 0.25) is 0 Å². The molecule has 1 aliphatic carbocycles. The van der Waals surface area contributed by atoms with Crippen LogP contribution in [0.3, 0.4) is 0 Å². The molecule has 0 spiro atoms. The zero-order valence-corrected chi connectivity index (χ0v) is 18.0. The van der Waals surface area contributed by atoms with Crippen molar-refractivity contribution in [1.82, 2.24) is 14.7 Å². The zero-order chi connectivity index (χ0) is 20.5. The minimum absolute atomic E-state index is 0.162. The smallest absolute Gasteiger partial charge is 0.228 e. The molecule has 5 rings (SSSR count). The van der Waals surface area contributed by atoms with E-state index in [0.717, 1.165) is 57.7 Å². The molecule has 1 N–H and O–H groups in total. The van der Waals surface area contributed by atoms with Crippen molar-refractivity contribution < 1.29 is 4.79 Å². The van der Waals surface area contributed by atoms with Crippen LogP contribution in [-0.2, 0) is 4.79 Å². The van der Waals surface area contributed by atoms with E-state index >= 15 is 0 Å². The molecule has 3 aliphatic rings. The van der Waals surface area contributed by atoms with Gasteiger partial charge in [0.05, 0.1) is 12.2 Å². The number of aromatic nitrogens is 2. The van der Waals surface area contributed by atoms with Gasteiger partial charge in [0.1, 0.15) is 5.82 Å². The Labute approximate surface area is 179 Å². The minimum atomic E-state index is 0.162. The maximum Gasteiger partial charge on any atom is 0.228 e. The van der Waals surface area contributed by atoms with Crippen molar-refractivity contribution in [2.45, 2.75) is 57.5 Å². The quantitative estimate of drug-likeness (QED) is 0.818.